The lowest BCUT2D eigenvalue weighted by Crippen LogP contribution is -2.31. The molecule has 0 saturated heterocycles. The lowest BCUT2D eigenvalue weighted by Gasteiger charge is -2.11. The Labute approximate surface area is 115 Å². The van der Waals surface area contributed by atoms with Gasteiger partial charge in [0.1, 0.15) is 5.75 Å². The molecule has 4 nitrogen and oxygen atoms in total. The van der Waals surface area contributed by atoms with E-state index in [1.54, 1.807) is 0 Å². The molecule has 0 aliphatic rings. The number of rotatable bonds is 7. The van der Waals surface area contributed by atoms with E-state index < -0.39 is 0 Å². The molecule has 0 fully saturated rings. The van der Waals surface area contributed by atoms with E-state index in [0.717, 1.165) is 17.7 Å². The van der Waals surface area contributed by atoms with Crippen molar-refractivity contribution in [1.29, 1.82) is 0 Å². The standard InChI is InChI=1S/C15H24N2O2/c1-11(2)17-15(18)7-8-19-14-6-4-5-13(10-14)9-12(3)16/h4-6,10-12H,7-9,16H2,1-3H3,(H,17,18). The van der Waals surface area contributed by atoms with Crippen LogP contribution < -0.4 is 15.8 Å². The minimum atomic E-state index is 0.0155. The molecule has 0 aliphatic carbocycles. The smallest absolute Gasteiger partial charge is 0.223 e. The van der Waals surface area contributed by atoms with Crippen LogP contribution in [0, 0.1) is 0 Å². The van der Waals surface area contributed by atoms with Crippen LogP contribution in [0.5, 0.6) is 5.75 Å². The third-order valence-electron chi connectivity index (χ3n) is 2.50. The van der Waals surface area contributed by atoms with E-state index in [1.807, 2.05) is 45.0 Å². The number of nitrogens with two attached hydrogens (primary N) is 1. The van der Waals surface area contributed by atoms with Gasteiger partial charge in [-0.25, -0.2) is 0 Å². The molecule has 19 heavy (non-hydrogen) atoms. The van der Waals surface area contributed by atoms with Crippen molar-refractivity contribution >= 4 is 5.91 Å². The zero-order chi connectivity index (χ0) is 14.3. The van der Waals surface area contributed by atoms with Gasteiger partial charge in [-0.15, -0.1) is 0 Å². The average molecular weight is 264 g/mol. The van der Waals surface area contributed by atoms with Gasteiger partial charge in [-0.2, -0.15) is 0 Å². The highest BCUT2D eigenvalue weighted by Crippen LogP contribution is 2.14. The molecule has 1 aromatic carbocycles. The van der Waals surface area contributed by atoms with Gasteiger partial charge in [-0.05, 0) is 44.9 Å². The SMILES string of the molecule is CC(N)Cc1cccc(OCCC(=O)NC(C)C)c1. The minimum absolute atomic E-state index is 0.0155. The quantitative estimate of drug-likeness (QED) is 0.790. The highest BCUT2D eigenvalue weighted by atomic mass is 16.5. The molecule has 0 aliphatic heterocycles. The normalized spacial score (nSPS) is 12.3. The van der Waals surface area contributed by atoms with Gasteiger partial charge in [0.25, 0.3) is 0 Å². The van der Waals surface area contributed by atoms with Gasteiger partial charge in [0.05, 0.1) is 13.0 Å². The first-order chi connectivity index (χ1) is 8.97. The lowest BCUT2D eigenvalue weighted by atomic mass is 10.1. The highest BCUT2D eigenvalue weighted by Gasteiger charge is 2.04. The Bertz CT molecular complexity index is 403. The van der Waals surface area contributed by atoms with Crippen LogP contribution >= 0.6 is 0 Å². The van der Waals surface area contributed by atoms with Gasteiger partial charge >= 0.3 is 0 Å². The van der Waals surface area contributed by atoms with E-state index in [9.17, 15) is 4.79 Å². The summed E-state index contributed by atoms with van der Waals surface area (Å²) < 4.78 is 5.58. The number of hydrogen-bond acceptors (Lipinski definition) is 3. The Morgan fingerprint density at radius 3 is 2.74 bits per heavy atom. The van der Waals surface area contributed by atoms with Crippen LogP contribution in [0.25, 0.3) is 0 Å². The summed E-state index contributed by atoms with van der Waals surface area (Å²) in [4.78, 5) is 11.4. The van der Waals surface area contributed by atoms with Gasteiger partial charge in [0, 0.05) is 12.1 Å². The third kappa shape index (κ3) is 6.82. The predicted molar refractivity (Wildman–Crippen MR) is 77.2 cm³/mol. The van der Waals surface area contributed by atoms with Crippen molar-refractivity contribution in [2.45, 2.75) is 45.7 Å². The highest BCUT2D eigenvalue weighted by molar-refractivity contribution is 5.76. The van der Waals surface area contributed by atoms with Crippen molar-refractivity contribution in [2.24, 2.45) is 5.73 Å². The summed E-state index contributed by atoms with van der Waals surface area (Å²) in [6, 6.07) is 8.14. The van der Waals surface area contributed by atoms with Crippen molar-refractivity contribution in [1.82, 2.24) is 5.32 Å². The Morgan fingerprint density at radius 1 is 1.37 bits per heavy atom. The van der Waals surface area contributed by atoms with Gasteiger partial charge in [-0.1, -0.05) is 12.1 Å². The molecular weight excluding hydrogens is 240 g/mol. The van der Waals surface area contributed by atoms with Crippen molar-refractivity contribution in [3.63, 3.8) is 0 Å². The molecule has 1 amide bonds. The Balaban J connectivity index is 2.39. The van der Waals surface area contributed by atoms with Crippen LogP contribution in [0.2, 0.25) is 0 Å². The first kappa shape index (κ1) is 15.5. The summed E-state index contributed by atoms with van der Waals surface area (Å²) in [6.07, 6.45) is 1.20. The summed E-state index contributed by atoms with van der Waals surface area (Å²) in [5, 5.41) is 2.83. The fraction of sp³-hybridized carbons (Fsp3) is 0.533. The first-order valence-corrected chi connectivity index (χ1v) is 6.74. The molecule has 0 spiro atoms. The van der Waals surface area contributed by atoms with Gasteiger partial charge in [0.2, 0.25) is 5.91 Å². The summed E-state index contributed by atoms with van der Waals surface area (Å²) in [5.41, 5.74) is 6.92. The zero-order valence-corrected chi connectivity index (χ0v) is 12.0. The fourth-order valence-corrected chi connectivity index (χ4v) is 1.79. The third-order valence-corrected chi connectivity index (χ3v) is 2.50. The predicted octanol–water partition coefficient (Wildman–Crippen LogP) is 1.87. The van der Waals surface area contributed by atoms with Gasteiger partial charge in [0.15, 0.2) is 0 Å². The second-order valence-electron chi connectivity index (χ2n) is 5.15. The molecule has 0 saturated carbocycles. The number of amides is 1. The largest absolute Gasteiger partial charge is 0.493 e. The molecular formula is C15H24N2O2. The minimum Gasteiger partial charge on any atom is -0.493 e. The Morgan fingerprint density at radius 2 is 2.11 bits per heavy atom. The second-order valence-corrected chi connectivity index (χ2v) is 5.15. The maximum atomic E-state index is 11.4. The number of carbonyl (C=O) groups is 1. The van der Waals surface area contributed by atoms with Crippen molar-refractivity contribution in [3.8, 4) is 5.75 Å². The molecule has 1 atom stereocenters. The molecule has 0 aromatic heterocycles. The topological polar surface area (TPSA) is 64.3 Å². The van der Waals surface area contributed by atoms with E-state index in [2.05, 4.69) is 5.32 Å². The van der Waals surface area contributed by atoms with Crippen LogP contribution in [-0.4, -0.2) is 24.6 Å². The molecule has 1 rings (SSSR count). The van der Waals surface area contributed by atoms with Crippen LogP contribution in [0.4, 0.5) is 0 Å². The van der Waals surface area contributed by atoms with Crippen LogP contribution in [0.15, 0.2) is 24.3 Å². The fourth-order valence-electron chi connectivity index (χ4n) is 1.79. The maximum absolute atomic E-state index is 11.4. The number of ether oxygens (including phenoxy) is 1. The molecule has 1 unspecified atom stereocenters. The van der Waals surface area contributed by atoms with Crippen molar-refractivity contribution in [2.75, 3.05) is 6.61 Å². The first-order valence-electron chi connectivity index (χ1n) is 6.74. The number of carbonyl (C=O) groups excluding carboxylic acids is 1. The molecule has 0 heterocycles. The van der Waals surface area contributed by atoms with E-state index in [-0.39, 0.29) is 18.0 Å². The van der Waals surface area contributed by atoms with Gasteiger partial charge in [-0.3, -0.25) is 4.79 Å². The second kappa shape index (κ2) is 7.79. The van der Waals surface area contributed by atoms with Crippen LogP contribution in [0.1, 0.15) is 32.8 Å². The molecule has 4 heteroatoms. The van der Waals surface area contributed by atoms with Crippen molar-refractivity contribution < 1.29 is 9.53 Å². The molecule has 3 N–H and O–H groups in total. The number of nitrogens with one attached hydrogen (secondary N) is 1. The van der Waals surface area contributed by atoms with Crippen molar-refractivity contribution in [3.05, 3.63) is 29.8 Å². The van der Waals surface area contributed by atoms with Crippen LogP contribution in [0.3, 0.4) is 0 Å². The van der Waals surface area contributed by atoms with Gasteiger partial charge < -0.3 is 15.8 Å². The maximum Gasteiger partial charge on any atom is 0.223 e. The molecule has 1 aromatic rings. The molecule has 106 valence electrons. The number of hydrogen-bond donors (Lipinski definition) is 2. The van der Waals surface area contributed by atoms with E-state index in [4.69, 9.17) is 10.5 Å². The zero-order valence-electron chi connectivity index (χ0n) is 12.0. The Hall–Kier alpha value is -1.55. The summed E-state index contributed by atoms with van der Waals surface area (Å²) in [7, 11) is 0. The van der Waals surface area contributed by atoms with Crippen LogP contribution in [-0.2, 0) is 11.2 Å². The Kier molecular flexibility index (Phi) is 6.36. The monoisotopic (exact) mass is 264 g/mol. The lowest BCUT2D eigenvalue weighted by molar-refractivity contribution is -0.122. The summed E-state index contributed by atoms with van der Waals surface area (Å²) >= 11 is 0. The van der Waals surface area contributed by atoms with E-state index >= 15 is 0 Å². The molecule has 0 radical (unpaired) electrons. The molecule has 0 bridgehead atoms. The number of benzene rings is 1. The summed E-state index contributed by atoms with van der Waals surface area (Å²) in [5.74, 6) is 0.803. The summed E-state index contributed by atoms with van der Waals surface area (Å²) in [6.45, 7) is 6.25. The van der Waals surface area contributed by atoms with E-state index in [1.165, 1.54) is 0 Å². The van der Waals surface area contributed by atoms with E-state index in [0.29, 0.717) is 13.0 Å². The average Bonchev–Trinajstić information content (AvgIpc) is 2.27.